The number of hydrogen-bond acceptors (Lipinski definition) is 4. The number of alkyl halides is 3. The average Bonchev–Trinajstić information content (AvgIpc) is 2.86. The average molecular weight is 506 g/mol. The second-order valence-electron chi connectivity index (χ2n) is 9.90. The summed E-state index contributed by atoms with van der Waals surface area (Å²) in [7, 11) is 0. The Morgan fingerprint density at radius 2 is 1.86 bits per heavy atom. The summed E-state index contributed by atoms with van der Waals surface area (Å²) < 4.78 is 46.1. The minimum Gasteiger partial charge on any atom is -0.446 e. The molecule has 0 bridgehead atoms. The van der Waals surface area contributed by atoms with Crippen molar-refractivity contribution in [1.82, 2.24) is 14.5 Å². The van der Waals surface area contributed by atoms with Gasteiger partial charge in [0.2, 0.25) is 0 Å². The minimum absolute atomic E-state index is 0.0226. The molecule has 0 spiro atoms. The second kappa shape index (κ2) is 11.0. The molecule has 196 valence electrons. The fourth-order valence-electron chi connectivity index (χ4n) is 5.39. The molecule has 4 rings (SSSR count). The highest BCUT2D eigenvalue weighted by molar-refractivity contribution is 5.68. The lowest BCUT2D eigenvalue weighted by molar-refractivity contribution is -0.186. The van der Waals surface area contributed by atoms with Gasteiger partial charge in [-0.1, -0.05) is 50.1 Å². The molecule has 0 saturated heterocycles. The smallest absolute Gasteiger partial charge is 0.410 e. The van der Waals surface area contributed by atoms with E-state index < -0.39 is 24.3 Å². The summed E-state index contributed by atoms with van der Waals surface area (Å²) in [6.07, 6.45) is -1.69. The zero-order valence-corrected chi connectivity index (χ0v) is 20.9. The molecular weight excluding hydrogens is 471 g/mol. The minimum atomic E-state index is -4.20. The van der Waals surface area contributed by atoms with Crippen LogP contribution in [0.5, 0.6) is 0 Å². The molecule has 1 saturated carbocycles. The van der Waals surface area contributed by atoms with Crippen molar-refractivity contribution in [1.29, 1.82) is 0 Å². The molecule has 2 heterocycles. The Kier molecular flexibility index (Phi) is 8.05. The first-order valence-electron chi connectivity index (χ1n) is 12.9. The molecule has 0 N–H and O–H groups in total. The van der Waals surface area contributed by atoms with Crippen molar-refractivity contribution >= 4 is 6.09 Å². The molecule has 1 aromatic heterocycles. The third kappa shape index (κ3) is 5.76. The molecule has 1 amide bonds. The van der Waals surface area contributed by atoms with Crippen LogP contribution < -0.4 is 5.56 Å². The van der Waals surface area contributed by atoms with Crippen LogP contribution in [0, 0.1) is 12.8 Å². The highest BCUT2D eigenvalue weighted by Gasteiger charge is 2.42. The van der Waals surface area contributed by atoms with Crippen molar-refractivity contribution in [2.24, 2.45) is 5.92 Å². The molecule has 6 nitrogen and oxygen atoms in total. The quantitative estimate of drug-likeness (QED) is 0.487. The van der Waals surface area contributed by atoms with E-state index in [0.717, 1.165) is 24.8 Å². The zero-order valence-electron chi connectivity index (χ0n) is 20.9. The van der Waals surface area contributed by atoms with Gasteiger partial charge in [0.25, 0.3) is 5.56 Å². The van der Waals surface area contributed by atoms with Gasteiger partial charge in [-0.25, -0.2) is 9.78 Å². The maximum absolute atomic E-state index is 13.6. The van der Waals surface area contributed by atoms with E-state index in [2.05, 4.69) is 6.92 Å². The second-order valence-corrected chi connectivity index (χ2v) is 9.90. The molecule has 9 heteroatoms. The number of ether oxygens (including phenoxy) is 1. The van der Waals surface area contributed by atoms with Gasteiger partial charge in [0.05, 0.1) is 24.2 Å². The fraction of sp³-hybridized carbons (Fsp3) is 0.593. The summed E-state index contributed by atoms with van der Waals surface area (Å²) in [6, 6.07) is 9.86. The Morgan fingerprint density at radius 1 is 1.17 bits per heavy atom. The van der Waals surface area contributed by atoms with Gasteiger partial charge in [-0.15, -0.1) is 0 Å². The summed E-state index contributed by atoms with van der Waals surface area (Å²) in [5, 5.41) is 0. The molecule has 1 aliphatic carbocycles. The van der Waals surface area contributed by atoms with E-state index in [1.807, 2.05) is 37.3 Å². The van der Waals surface area contributed by atoms with E-state index >= 15 is 0 Å². The summed E-state index contributed by atoms with van der Waals surface area (Å²) in [5.41, 5.74) is 2.19. The highest BCUT2D eigenvalue weighted by atomic mass is 19.4. The van der Waals surface area contributed by atoms with E-state index in [1.54, 1.807) is 4.57 Å². The van der Waals surface area contributed by atoms with Crippen molar-refractivity contribution in [2.75, 3.05) is 6.54 Å². The van der Waals surface area contributed by atoms with E-state index in [4.69, 9.17) is 9.72 Å². The summed E-state index contributed by atoms with van der Waals surface area (Å²) in [6.45, 7) is 4.42. The SMILES string of the molecule is CCCCC(c1ccccc1)n1c(C)nc2c(c1=O)CCN(C(=O)OC1CCC(C(F)(F)F)CC1)C2. The normalized spacial score (nSPS) is 21.1. The van der Waals surface area contributed by atoms with Gasteiger partial charge in [0.15, 0.2) is 0 Å². The van der Waals surface area contributed by atoms with Gasteiger partial charge in [-0.3, -0.25) is 9.36 Å². The molecule has 1 aromatic carbocycles. The molecule has 2 aliphatic rings. The molecule has 2 aromatic rings. The van der Waals surface area contributed by atoms with Crippen molar-refractivity contribution in [2.45, 2.75) is 90.1 Å². The van der Waals surface area contributed by atoms with Crippen LogP contribution in [0.3, 0.4) is 0 Å². The van der Waals surface area contributed by atoms with Crippen molar-refractivity contribution in [3.63, 3.8) is 0 Å². The standard InChI is InChI=1S/C27H34F3N3O3/c1-3-4-10-24(19-8-6-5-7-9-19)33-18(2)31-23-17-32(16-15-22(23)25(33)34)26(35)36-21-13-11-20(12-14-21)27(28,29)30/h5-9,20-21,24H,3-4,10-17H2,1-2H3. The topological polar surface area (TPSA) is 64.4 Å². The Bertz CT molecular complexity index is 1110. The molecule has 0 radical (unpaired) electrons. The van der Waals surface area contributed by atoms with Crippen LogP contribution in [0.1, 0.15) is 80.6 Å². The van der Waals surface area contributed by atoms with Crippen LogP contribution in [0.25, 0.3) is 0 Å². The van der Waals surface area contributed by atoms with Crippen LogP contribution in [-0.4, -0.2) is 39.4 Å². The first-order chi connectivity index (χ1) is 17.2. The zero-order chi connectivity index (χ0) is 25.9. The summed E-state index contributed by atoms with van der Waals surface area (Å²) >= 11 is 0. The number of rotatable bonds is 6. The number of hydrogen-bond donors (Lipinski definition) is 0. The van der Waals surface area contributed by atoms with Crippen molar-refractivity contribution in [3.05, 3.63) is 63.3 Å². The number of benzene rings is 1. The number of aromatic nitrogens is 2. The first-order valence-corrected chi connectivity index (χ1v) is 12.9. The van der Waals surface area contributed by atoms with Crippen LogP contribution in [-0.2, 0) is 17.7 Å². The van der Waals surface area contributed by atoms with E-state index in [9.17, 15) is 22.8 Å². The summed E-state index contributed by atoms with van der Waals surface area (Å²) in [5.74, 6) is -0.718. The fourth-order valence-corrected chi connectivity index (χ4v) is 5.39. The largest absolute Gasteiger partial charge is 0.446 e. The highest BCUT2D eigenvalue weighted by Crippen LogP contribution is 2.38. The maximum atomic E-state index is 13.6. The number of fused-ring (bicyclic) bond motifs is 1. The molecule has 1 atom stereocenters. The monoisotopic (exact) mass is 505 g/mol. The van der Waals surface area contributed by atoms with Crippen molar-refractivity contribution < 1.29 is 22.7 Å². The number of aryl methyl sites for hydroxylation is 1. The van der Waals surface area contributed by atoms with Crippen LogP contribution in [0.4, 0.5) is 18.0 Å². The number of nitrogens with zero attached hydrogens (tertiary/aromatic N) is 3. The number of halogens is 3. The van der Waals surface area contributed by atoms with Gasteiger partial charge >= 0.3 is 12.3 Å². The number of carbonyl (C=O) groups is 1. The maximum Gasteiger partial charge on any atom is 0.410 e. The predicted octanol–water partition coefficient (Wildman–Crippen LogP) is 5.95. The molecule has 1 aliphatic heterocycles. The van der Waals surface area contributed by atoms with E-state index in [1.165, 1.54) is 4.90 Å². The van der Waals surface area contributed by atoms with Crippen LogP contribution in [0.2, 0.25) is 0 Å². The number of unbranched alkanes of at least 4 members (excludes halogenated alkanes) is 1. The van der Waals surface area contributed by atoms with Crippen LogP contribution >= 0.6 is 0 Å². The van der Waals surface area contributed by atoms with E-state index in [-0.39, 0.29) is 43.8 Å². The molecular formula is C27H34F3N3O3. The lowest BCUT2D eigenvalue weighted by Crippen LogP contribution is -2.43. The van der Waals surface area contributed by atoms with Crippen molar-refractivity contribution in [3.8, 4) is 0 Å². The Balaban J connectivity index is 1.48. The first kappa shape index (κ1) is 26.2. The molecule has 36 heavy (non-hydrogen) atoms. The summed E-state index contributed by atoms with van der Waals surface area (Å²) in [4.78, 5) is 32.6. The van der Waals surface area contributed by atoms with Gasteiger partial charge in [-0.2, -0.15) is 13.2 Å². The van der Waals surface area contributed by atoms with Gasteiger partial charge in [-0.05, 0) is 51.0 Å². The number of carbonyl (C=O) groups excluding carboxylic acids is 1. The van der Waals surface area contributed by atoms with Gasteiger partial charge < -0.3 is 9.64 Å². The third-order valence-electron chi connectivity index (χ3n) is 7.43. The van der Waals surface area contributed by atoms with Gasteiger partial charge in [0.1, 0.15) is 11.9 Å². The third-order valence-corrected chi connectivity index (χ3v) is 7.43. The Morgan fingerprint density at radius 3 is 2.50 bits per heavy atom. The van der Waals surface area contributed by atoms with Crippen LogP contribution in [0.15, 0.2) is 35.1 Å². The lowest BCUT2D eigenvalue weighted by atomic mass is 9.87. The van der Waals surface area contributed by atoms with Gasteiger partial charge in [0, 0.05) is 12.1 Å². The molecule has 1 unspecified atom stereocenters. The number of amides is 1. The van der Waals surface area contributed by atoms with E-state index in [0.29, 0.717) is 30.0 Å². The lowest BCUT2D eigenvalue weighted by Gasteiger charge is -2.33. The molecule has 1 fully saturated rings. The predicted molar refractivity (Wildman–Crippen MR) is 130 cm³/mol. The Hall–Kier alpha value is -2.84. The Labute approximate surface area is 209 Å².